The van der Waals surface area contributed by atoms with Gasteiger partial charge in [-0.15, -0.1) is 0 Å². The lowest BCUT2D eigenvalue weighted by Crippen LogP contribution is -2.21. The van der Waals surface area contributed by atoms with Crippen LogP contribution in [0.15, 0.2) is 24.4 Å². The zero-order valence-electron chi connectivity index (χ0n) is 13.3. The lowest BCUT2D eigenvalue weighted by molar-refractivity contribution is 0.0827. The maximum absolute atomic E-state index is 12.1. The summed E-state index contributed by atoms with van der Waals surface area (Å²) in [5, 5.41) is 1.25. The highest BCUT2D eigenvalue weighted by atomic mass is 16.2. The van der Waals surface area contributed by atoms with Crippen molar-refractivity contribution in [3.63, 3.8) is 0 Å². The first-order valence-electron chi connectivity index (χ1n) is 7.19. The molecule has 0 radical (unpaired) electrons. The van der Waals surface area contributed by atoms with E-state index in [9.17, 15) is 4.79 Å². The van der Waals surface area contributed by atoms with Crippen LogP contribution in [0, 0.1) is 0 Å². The highest BCUT2D eigenvalue weighted by Gasteiger charge is 2.16. The fourth-order valence-electron chi connectivity index (χ4n) is 2.56. The van der Waals surface area contributed by atoms with Gasteiger partial charge in [0, 0.05) is 42.8 Å². The van der Waals surface area contributed by atoms with Gasteiger partial charge in [-0.05, 0) is 37.5 Å². The number of amides is 1. The highest BCUT2D eigenvalue weighted by Crippen LogP contribution is 2.30. The van der Waals surface area contributed by atoms with Gasteiger partial charge in [0.1, 0.15) is 0 Å². The molecule has 0 saturated heterocycles. The largest absolute Gasteiger partial charge is 0.345 e. The van der Waals surface area contributed by atoms with Crippen LogP contribution in [0.5, 0.6) is 0 Å². The van der Waals surface area contributed by atoms with Crippen LogP contribution in [0.2, 0.25) is 0 Å². The topological polar surface area (TPSA) is 25.2 Å². The molecule has 20 heavy (non-hydrogen) atoms. The summed E-state index contributed by atoms with van der Waals surface area (Å²) in [4.78, 5) is 13.7. The zero-order chi connectivity index (χ0) is 15.0. The van der Waals surface area contributed by atoms with Crippen molar-refractivity contribution in [2.45, 2.75) is 39.7 Å². The molecule has 0 saturated carbocycles. The van der Waals surface area contributed by atoms with Gasteiger partial charge in [0.25, 0.3) is 5.91 Å². The van der Waals surface area contributed by atoms with Crippen LogP contribution in [0.1, 0.15) is 55.6 Å². The standard InChI is InChI=1S/C17H24N2O/c1-11(2)15-10-19(12(3)4)16-9-13(7-8-14(15)16)17(20)18(5)6/h7-12H,1-6H3. The van der Waals surface area contributed by atoms with Crippen LogP contribution in [0.25, 0.3) is 10.9 Å². The molecule has 1 aromatic heterocycles. The van der Waals surface area contributed by atoms with Gasteiger partial charge in [-0.3, -0.25) is 4.79 Å². The first kappa shape index (κ1) is 14.6. The summed E-state index contributed by atoms with van der Waals surface area (Å²) in [6, 6.07) is 6.42. The Balaban J connectivity index is 2.67. The van der Waals surface area contributed by atoms with Gasteiger partial charge in [-0.2, -0.15) is 0 Å². The molecule has 2 rings (SSSR count). The van der Waals surface area contributed by atoms with E-state index < -0.39 is 0 Å². The minimum absolute atomic E-state index is 0.0505. The second kappa shape index (κ2) is 5.31. The average Bonchev–Trinajstić information content (AvgIpc) is 2.76. The van der Waals surface area contributed by atoms with Gasteiger partial charge in [-0.1, -0.05) is 19.9 Å². The summed E-state index contributed by atoms with van der Waals surface area (Å²) in [6.45, 7) is 8.75. The smallest absolute Gasteiger partial charge is 0.253 e. The van der Waals surface area contributed by atoms with Gasteiger partial charge >= 0.3 is 0 Å². The summed E-state index contributed by atoms with van der Waals surface area (Å²) >= 11 is 0. The number of hydrogen-bond acceptors (Lipinski definition) is 1. The molecular formula is C17H24N2O. The van der Waals surface area contributed by atoms with Gasteiger partial charge < -0.3 is 9.47 Å². The van der Waals surface area contributed by atoms with Crippen molar-refractivity contribution >= 4 is 16.8 Å². The summed E-state index contributed by atoms with van der Waals surface area (Å²) < 4.78 is 2.26. The Morgan fingerprint density at radius 3 is 2.30 bits per heavy atom. The second-order valence-electron chi connectivity index (χ2n) is 6.17. The highest BCUT2D eigenvalue weighted by molar-refractivity contribution is 5.98. The van der Waals surface area contributed by atoms with Crippen LogP contribution in [-0.4, -0.2) is 29.5 Å². The van der Waals surface area contributed by atoms with Gasteiger partial charge in [0.15, 0.2) is 0 Å². The van der Waals surface area contributed by atoms with Crippen molar-refractivity contribution in [1.29, 1.82) is 0 Å². The molecule has 0 spiro atoms. The van der Waals surface area contributed by atoms with Gasteiger partial charge in [0.05, 0.1) is 0 Å². The van der Waals surface area contributed by atoms with Crippen molar-refractivity contribution in [3.05, 3.63) is 35.5 Å². The number of hydrogen-bond donors (Lipinski definition) is 0. The Kier molecular flexibility index (Phi) is 3.89. The normalized spacial score (nSPS) is 11.6. The molecule has 0 bridgehead atoms. The summed E-state index contributed by atoms with van der Waals surface area (Å²) in [7, 11) is 3.57. The number of aromatic nitrogens is 1. The van der Waals surface area contributed by atoms with Crippen LogP contribution in [-0.2, 0) is 0 Å². The summed E-state index contributed by atoms with van der Waals surface area (Å²) in [5.74, 6) is 0.530. The van der Waals surface area contributed by atoms with Crippen LogP contribution < -0.4 is 0 Å². The SMILES string of the molecule is CC(C)c1cn(C(C)C)c2cc(C(=O)N(C)C)ccc12. The molecular weight excluding hydrogens is 248 g/mol. The average molecular weight is 272 g/mol. The number of rotatable bonds is 3. The Morgan fingerprint density at radius 2 is 1.80 bits per heavy atom. The summed E-state index contributed by atoms with van der Waals surface area (Å²) in [6.07, 6.45) is 2.23. The minimum atomic E-state index is 0.0505. The Labute approximate surface area is 121 Å². The molecule has 1 amide bonds. The fraction of sp³-hybridized carbons (Fsp3) is 0.471. The molecule has 0 unspecified atom stereocenters. The number of carbonyl (C=O) groups excluding carboxylic acids is 1. The molecule has 1 aromatic carbocycles. The predicted molar refractivity (Wildman–Crippen MR) is 84.4 cm³/mol. The van der Waals surface area contributed by atoms with Crippen LogP contribution >= 0.6 is 0 Å². The van der Waals surface area contributed by atoms with E-state index >= 15 is 0 Å². The van der Waals surface area contributed by atoms with E-state index in [1.807, 2.05) is 12.1 Å². The maximum Gasteiger partial charge on any atom is 0.253 e. The van der Waals surface area contributed by atoms with E-state index in [1.165, 1.54) is 10.9 Å². The molecule has 0 aliphatic rings. The number of nitrogens with zero attached hydrogens (tertiary/aromatic N) is 2. The van der Waals surface area contributed by atoms with Crippen LogP contribution in [0.4, 0.5) is 0 Å². The quantitative estimate of drug-likeness (QED) is 0.827. The van der Waals surface area contributed by atoms with Crippen molar-refractivity contribution in [2.75, 3.05) is 14.1 Å². The Hall–Kier alpha value is -1.77. The number of carbonyl (C=O) groups is 1. The van der Waals surface area contributed by atoms with Crippen molar-refractivity contribution in [1.82, 2.24) is 9.47 Å². The van der Waals surface area contributed by atoms with Gasteiger partial charge in [-0.25, -0.2) is 0 Å². The van der Waals surface area contributed by atoms with E-state index in [0.29, 0.717) is 12.0 Å². The van der Waals surface area contributed by atoms with E-state index in [2.05, 4.69) is 44.5 Å². The maximum atomic E-state index is 12.1. The van der Waals surface area contributed by atoms with E-state index in [1.54, 1.807) is 19.0 Å². The third-order valence-corrected chi connectivity index (χ3v) is 3.70. The lowest BCUT2D eigenvalue weighted by atomic mass is 10.0. The molecule has 2 aromatic rings. The molecule has 0 atom stereocenters. The molecule has 1 heterocycles. The number of benzene rings is 1. The van der Waals surface area contributed by atoms with Crippen LogP contribution in [0.3, 0.4) is 0 Å². The number of fused-ring (bicyclic) bond motifs is 1. The van der Waals surface area contributed by atoms with Crippen molar-refractivity contribution in [3.8, 4) is 0 Å². The minimum Gasteiger partial charge on any atom is -0.345 e. The first-order valence-corrected chi connectivity index (χ1v) is 7.19. The Bertz CT molecular complexity index is 636. The van der Waals surface area contributed by atoms with Gasteiger partial charge in [0.2, 0.25) is 0 Å². The fourth-order valence-corrected chi connectivity index (χ4v) is 2.56. The summed E-state index contributed by atoms with van der Waals surface area (Å²) in [5.41, 5.74) is 3.24. The monoisotopic (exact) mass is 272 g/mol. The molecule has 0 fully saturated rings. The predicted octanol–water partition coefficient (Wildman–Crippen LogP) is 4.05. The van der Waals surface area contributed by atoms with Crippen molar-refractivity contribution in [2.24, 2.45) is 0 Å². The second-order valence-corrected chi connectivity index (χ2v) is 6.17. The van der Waals surface area contributed by atoms with E-state index in [-0.39, 0.29) is 5.91 Å². The third-order valence-electron chi connectivity index (χ3n) is 3.70. The molecule has 3 nitrogen and oxygen atoms in total. The third kappa shape index (κ3) is 2.45. The molecule has 0 N–H and O–H groups in total. The molecule has 0 aliphatic heterocycles. The first-order chi connectivity index (χ1) is 9.32. The Morgan fingerprint density at radius 1 is 1.15 bits per heavy atom. The molecule has 3 heteroatoms. The van der Waals surface area contributed by atoms with E-state index in [4.69, 9.17) is 0 Å². The van der Waals surface area contributed by atoms with E-state index in [0.717, 1.165) is 11.1 Å². The molecule has 0 aliphatic carbocycles. The lowest BCUT2D eigenvalue weighted by Gasteiger charge is -2.12. The molecule has 108 valence electrons. The van der Waals surface area contributed by atoms with Crippen molar-refractivity contribution < 1.29 is 4.79 Å². The zero-order valence-corrected chi connectivity index (χ0v) is 13.3.